The van der Waals surface area contributed by atoms with E-state index in [2.05, 4.69) is 16.0 Å². The Kier molecular flexibility index (Phi) is 5.83. The monoisotopic (exact) mass is 385 g/mol. The Labute approximate surface area is 164 Å². The zero-order chi connectivity index (χ0) is 18.6. The number of rotatable bonds is 5. The molecule has 0 radical (unpaired) electrons. The molecule has 27 heavy (non-hydrogen) atoms. The summed E-state index contributed by atoms with van der Waals surface area (Å²) in [6, 6.07) is 9.89. The molecule has 3 atom stereocenters. The van der Waals surface area contributed by atoms with Crippen molar-refractivity contribution in [1.29, 1.82) is 0 Å². The largest absolute Gasteiger partial charge is 0.352 e. The maximum absolute atomic E-state index is 12.7. The normalized spacial score (nSPS) is 27.4. The lowest BCUT2D eigenvalue weighted by atomic mass is 9.92. The van der Waals surface area contributed by atoms with E-state index in [0.29, 0.717) is 19.4 Å². The molecule has 5 nitrogen and oxygen atoms in total. The molecule has 3 aliphatic rings. The van der Waals surface area contributed by atoms with Gasteiger partial charge >= 0.3 is 0 Å². The third-order valence-electron chi connectivity index (χ3n) is 5.61. The number of carbonyl (C=O) groups excluding carboxylic acids is 2. The third kappa shape index (κ3) is 4.38. The van der Waals surface area contributed by atoms with Crippen molar-refractivity contribution in [2.75, 3.05) is 0 Å². The van der Waals surface area contributed by atoms with Gasteiger partial charge < -0.3 is 10.6 Å². The van der Waals surface area contributed by atoms with E-state index >= 15 is 0 Å². The fourth-order valence-electron chi connectivity index (χ4n) is 4.19. The van der Waals surface area contributed by atoms with Crippen molar-refractivity contribution in [3.05, 3.63) is 46.4 Å². The second-order valence-electron chi connectivity index (χ2n) is 7.55. The quantitative estimate of drug-likeness (QED) is 0.729. The summed E-state index contributed by atoms with van der Waals surface area (Å²) >= 11 is 1.85. The molecule has 0 aromatic heterocycles. The molecule has 2 aliphatic heterocycles. The first-order valence-electron chi connectivity index (χ1n) is 9.96. The number of hydrogen-bond acceptors (Lipinski definition) is 4. The summed E-state index contributed by atoms with van der Waals surface area (Å²) in [4.78, 5) is 26.3. The highest BCUT2D eigenvalue weighted by molar-refractivity contribution is 8.04. The summed E-state index contributed by atoms with van der Waals surface area (Å²) < 4.78 is 0. The first-order chi connectivity index (χ1) is 13.2. The van der Waals surface area contributed by atoms with Gasteiger partial charge in [-0.1, -0.05) is 36.8 Å². The number of amides is 2. The predicted molar refractivity (Wildman–Crippen MR) is 108 cm³/mol. The van der Waals surface area contributed by atoms with Crippen molar-refractivity contribution in [3.8, 4) is 0 Å². The number of allylic oxidation sites excluding steroid dienone is 1. The Balaban J connectivity index is 1.26. The number of nitrogens with one attached hydrogen (secondary N) is 3. The summed E-state index contributed by atoms with van der Waals surface area (Å²) in [6.45, 7) is 0.543. The van der Waals surface area contributed by atoms with Crippen molar-refractivity contribution in [2.45, 2.75) is 63.0 Å². The summed E-state index contributed by atoms with van der Waals surface area (Å²) in [5.41, 5.74) is 2.46. The van der Waals surface area contributed by atoms with E-state index in [4.69, 9.17) is 0 Å². The van der Waals surface area contributed by atoms with Gasteiger partial charge in [-0.25, -0.2) is 0 Å². The average molecular weight is 386 g/mol. The molecule has 2 amide bonds. The molecule has 1 fully saturated rings. The van der Waals surface area contributed by atoms with Crippen LogP contribution in [0, 0.1) is 5.92 Å². The molecule has 6 heteroatoms. The maximum atomic E-state index is 12.7. The molecule has 1 saturated heterocycles. The van der Waals surface area contributed by atoms with Crippen LogP contribution in [0.25, 0.3) is 0 Å². The topological polar surface area (TPSA) is 70.2 Å². The molecular formula is C21H27N3O2S. The standard InChI is InChI=1S/C21H27N3O2S/c25-18(22-13-14-7-3-1-4-8-14)12-11-17-23-20(26)19-15-9-5-2-6-10-16(15)27-21(19)24-17/h1,3-4,7-8,17,19,21,24H,2,5-6,9-13H2,(H,22,25)(H,23,26). The Hall–Kier alpha value is -1.79. The van der Waals surface area contributed by atoms with Crippen LogP contribution in [0.15, 0.2) is 40.8 Å². The highest BCUT2D eigenvalue weighted by Crippen LogP contribution is 2.48. The first kappa shape index (κ1) is 18.6. The van der Waals surface area contributed by atoms with Crippen LogP contribution in [0.5, 0.6) is 0 Å². The average Bonchev–Trinajstić information content (AvgIpc) is 2.87. The summed E-state index contributed by atoms with van der Waals surface area (Å²) in [6.07, 6.45) is 6.76. The maximum Gasteiger partial charge on any atom is 0.230 e. The molecular weight excluding hydrogens is 358 g/mol. The molecule has 144 valence electrons. The lowest BCUT2D eigenvalue weighted by Crippen LogP contribution is -2.59. The van der Waals surface area contributed by atoms with Gasteiger partial charge in [0, 0.05) is 13.0 Å². The number of benzene rings is 1. The van der Waals surface area contributed by atoms with Gasteiger partial charge in [0.15, 0.2) is 0 Å². The molecule has 1 aromatic rings. The second-order valence-corrected chi connectivity index (χ2v) is 8.79. The molecule has 1 aromatic carbocycles. The van der Waals surface area contributed by atoms with Gasteiger partial charge in [-0.15, -0.1) is 11.8 Å². The zero-order valence-electron chi connectivity index (χ0n) is 15.5. The Morgan fingerprint density at radius 3 is 2.81 bits per heavy atom. The summed E-state index contributed by atoms with van der Waals surface area (Å²) in [7, 11) is 0. The summed E-state index contributed by atoms with van der Waals surface area (Å²) in [5, 5.41) is 9.74. The lowest BCUT2D eigenvalue weighted by molar-refractivity contribution is -0.128. The Morgan fingerprint density at radius 1 is 1.15 bits per heavy atom. The van der Waals surface area contributed by atoms with Crippen LogP contribution in [0.4, 0.5) is 0 Å². The molecule has 3 N–H and O–H groups in total. The SMILES string of the molecule is O=C(CCC1NC(=O)C2C3=C(CCCCC3)SC2N1)NCc1ccccc1. The number of carbonyl (C=O) groups is 2. The molecule has 4 rings (SSSR count). The van der Waals surface area contributed by atoms with Crippen LogP contribution in [-0.4, -0.2) is 23.4 Å². The van der Waals surface area contributed by atoms with Gasteiger partial charge in [-0.3, -0.25) is 14.9 Å². The minimum atomic E-state index is -0.128. The van der Waals surface area contributed by atoms with Crippen molar-refractivity contribution < 1.29 is 9.59 Å². The van der Waals surface area contributed by atoms with E-state index in [1.807, 2.05) is 42.1 Å². The second kappa shape index (κ2) is 8.48. The van der Waals surface area contributed by atoms with Gasteiger partial charge in [0.1, 0.15) is 0 Å². The molecule has 0 saturated carbocycles. The minimum absolute atomic E-state index is 0.0185. The summed E-state index contributed by atoms with van der Waals surface area (Å²) in [5.74, 6) is 0.129. The van der Waals surface area contributed by atoms with Crippen LogP contribution in [0.1, 0.15) is 50.5 Å². The van der Waals surface area contributed by atoms with E-state index < -0.39 is 0 Å². The Morgan fingerprint density at radius 2 is 1.96 bits per heavy atom. The van der Waals surface area contributed by atoms with E-state index in [1.165, 1.54) is 29.7 Å². The predicted octanol–water partition coefficient (Wildman–Crippen LogP) is 3.04. The van der Waals surface area contributed by atoms with E-state index in [-0.39, 0.29) is 29.3 Å². The molecule has 0 bridgehead atoms. The fourth-order valence-corrected chi connectivity index (χ4v) is 5.79. The molecule has 0 spiro atoms. The number of thioether (sulfide) groups is 1. The third-order valence-corrected chi connectivity index (χ3v) is 7.03. The molecule has 1 aliphatic carbocycles. The van der Waals surface area contributed by atoms with E-state index in [1.54, 1.807) is 0 Å². The minimum Gasteiger partial charge on any atom is -0.352 e. The number of fused-ring (bicyclic) bond motifs is 2. The van der Waals surface area contributed by atoms with Crippen LogP contribution < -0.4 is 16.0 Å². The number of hydrogen-bond donors (Lipinski definition) is 3. The first-order valence-corrected chi connectivity index (χ1v) is 10.8. The van der Waals surface area contributed by atoms with Gasteiger partial charge in [-0.2, -0.15) is 0 Å². The van der Waals surface area contributed by atoms with E-state index in [0.717, 1.165) is 18.4 Å². The fraction of sp³-hybridized carbons (Fsp3) is 0.524. The van der Waals surface area contributed by atoms with Crippen molar-refractivity contribution in [3.63, 3.8) is 0 Å². The van der Waals surface area contributed by atoms with E-state index in [9.17, 15) is 9.59 Å². The van der Waals surface area contributed by atoms with Gasteiger partial charge in [0.05, 0.1) is 17.5 Å². The van der Waals surface area contributed by atoms with Gasteiger partial charge in [0.2, 0.25) is 11.8 Å². The van der Waals surface area contributed by atoms with Crippen LogP contribution >= 0.6 is 11.8 Å². The zero-order valence-corrected chi connectivity index (χ0v) is 16.3. The van der Waals surface area contributed by atoms with Gasteiger partial charge in [0.25, 0.3) is 0 Å². The highest BCUT2D eigenvalue weighted by atomic mass is 32.2. The van der Waals surface area contributed by atoms with Crippen molar-refractivity contribution in [1.82, 2.24) is 16.0 Å². The molecule has 3 unspecified atom stereocenters. The lowest BCUT2D eigenvalue weighted by Gasteiger charge is -2.34. The van der Waals surface area contributed by atoms with Gasteiger partial charge in [-0.05, 0) is 48.1 Å². The van der Waals surface area contributed by atoms with Crippen LogP contribution in [0.2, 0.25) is 0 Å². The highest BCUT2D eigenvalue weighted by Gasteiger charge is 2.44. The molecule has 2 heterocycles. The Bertz CT molecular complexity index is 734. The van der Waals surface area contributed by atoms with Crippen LogP contribution in [0.3, 0.4) is 0 Å². The van der Waals surface area contributed by atoms with Crippen molar-refractivity contribution >= 4 is 23.6 Å². The van der Waals surface area contributed by atoms with Crippen molar-refractivity contribution in [2.24, 2.45) is 5.92 Å². The van der Waals surface area contributed by atoms with Crippen LogP contribution in [-0.2, 0) is 16.1 Å². The smallest absolute Gasteiger partial charge is 0.230 e.